The average Bonchev–Trinajstić information content (AvgIpc) is 2.72. The van der Waals surface area contributed by atoms with Gasteiger partial charge in [0.15, 0.2) is 6.61 Å². The molecule has 0 heterocycles. The van der Waals surface area contributed by atoms with Crippen molar-refractivity contribution in [1.29, 1.82) is 0 Å². The maximum atomic E-state index is 12.0. The maximum Gasteiger partial charge on any atom is 0.262 e. The van der Waals surface area contributed by atoms with Gasteiger partial charge in [0.25, 0.3) is 5.91 Å². The third-order valence-corrected chi connectivity index (χ3v) is 3.59. The van der Waals surface area contributed by atoms with Crippen LogP contribution < -0.4 is 19.5 Å². The highest BCUT2D eigenvalue weighted by atomic mass is 16.5. The first-order valence-corrected chi connectivity index (χ1v) is 8.68. The molecule has 3 aromatic rings. The lowest BCUT2D eigenvalue weighted by Gasteiger charge is -2.10. The van der Waals surface area contributed by atoms with Gasteiger partial charge in [-0.25, -0.2) is 0 Å². The lowest BCUT2D eigenvalue weighted by molar-refractivity contribution is -0.118. The molecule has 138 valence electrons. The molecular weight excluding hydrogens is 342 g/mol. The quantitative estimate of drug-likeness (QED) is 0.580. The first-order chi connectivity index (χ1) is 13.3. The van der Waals surface area contributed by atoms with Crippen LogP contribution in [-0.2, 0) is 4.79 Å². The van der Waals surface area contributed by atoms with Crippen LogP contribution in [0.5, 0.6) is 17.2 Å². The monoisotopic (exact) mass is 363 g/mol. The van der Waals surface area contributed by atoms with Gasteiger partial charge in [-0.15, -0.1) is 0 Å². The normalized spacial score (nSPS) is 10.1. The van der Waals surface area contributed by atoms with Gasteiger partial charge in [0.1, 0.15) is 30.5 Å². The summed E-state index contributed by atoms with van der Waals surface area (Å²) >= 11 is 0. The molecule has 0 aromatic heterocycles. The van der Waals surface area contributed by atoms with Crippen molar-refractivity contribution < 1.29 is 19.0 Å². The van der Waals surface area contributed by atoms with E-state index in [0.717, 1.165) is 5.75 Å². The Hall–Kier alpha value is -3.47. The van der Waals surface area contributed by atoms with Crippen LogP contribution in [0.1, 0.15) is 0 Å². The lowest BCUT2D eigenvalue weighted by Crippen LogP contribution is -2.20. The van der Waals surface area contributed by atoms with Gasteiger partial charge in [0, 0.05) is 11.8 Å². The van der Waals surface area contributed by atoms with Crippen LogP contribution in [0.2, 0.25) is 0 Å². The minimum absolute atomic E-state index is 0.0555. The van der Waals surface area contributed by atoms with E-state index in [-0.39, 0.29) is 12.5 Å². The molecular formula is C22H21NO4. The van der Waals surface area contributed by atoms with E-state index in [4.69, 9.17) is 14.2 Å². The number of carbonyl (C=O) groups is 1. The molecule has 0 spiro atoms. The number of rotatable bonds is 9. The number of carbonyl (C=O) groups excluding carboxylic acids is 1. The van der Waals surface area contributed by atoms with Gasteiger partial charge in [-0.3, -0.25) is 4.79 Å². The minimum atomic E-state index is -0.233. The van der Waals surface area contributed by atoms with Crippen LogP contribution in [0.25, 0.3) is 0 Å². The number of amides is 1. The Labute approximate surface area is 158 Å². The molecule has 1 amide bonds. The summed E-state index contributed by atoms with van der Waals surface area (Å²) in [4.78, 5) is 12.0. The molecule has 0 radical (unpaired) electrons. The van der Waals surface area contributed by atoms with E-state index in [2.05, 4.69) is 5.32 Å². The molecule has 3 rings (SSSR count). The first-order valence-electron chi connectivity index (χ1n) is 8.68. The molecule has 0 aliphatic rings. The Morgan fingerprint density at radius 2 is 1.22 bits per heavy atom. The molecule has 5 nitrogen and oxygen atoms in total. The number of hydrogen-bond acceptors (Lipinski definition) is 4. The Balaban J connectivity index is 1.42. The van der Waals surface area contributed by atoms with Gasteiger partial charge >= 0.3 is 0 Å². The van der Waals surface area contributed by atoms with E-state index in [9.17, 15) is 4.79 Å². The molecule has 0 saturated carbocycles. The topological polar surface area (TPSA) is 56.8 Å². The average molecular weight is 363 g/mol. The highest BCUT2D eigenvalue weighted by Crippen LogP contribution is 2.18. The number of hydrogen-bond donors (Lipinski definition) is 1. The van der Waals surface area contributed by atoms with Crippen LogP contribution in [0.4, 0.5) is 5.69 Å². The van der Waals surface area contributed by atoms with E-state index in [1.807, 2.05) is 60.7 Å². The van der Waals surface area contributed by atoms with E-state index < -0.39 is 0 Å². The minimum Gasteiger partial charge on any atom is -0.490 e. The number of benzene rings is 3. The third-order valence-electron chi connectivity index (χ3n) is 3.59. The Morgan fingerprint density at radius 1 is 0.667 bits per heavy atom. The zero-order valence-corrected chi connectivity index (χ0v) is 14.8. The van der Waals surface area contributed by atoms with Gasteiger partial charge in [0.05, 0.1) is 0 Å². The highest BCUT2D eigenvalue weighted by Gasteiger charge is 2.05. The SMILES string of the molecule is O=C(COc1ccccc1)Nc1cccc(OCCOc2ccccc2)c1. The van der Waals surface area contributed by atoms with Gasteiger partial charge < -0.3 is 19.5 Å². The molecule has 27 heavy (non-hydrogen) atoms. The van der Waals surface area contributed by atoms with E-state index in [1.165, 1.54) is 0 Å². The van der Waals surface area contributed by atoms with Gasteiger partial charge in [0.2, 0.25) is 0 Å². The molecule has 0 unspecified atom stereocenters. The van der Waals surface area contributed by atoms with Crippen molar-refractivity contribution in [2.45, 2.75) is 0 Å². The maximum absolute atomic E-state index is 12.0. The molecule has 3 aromatic carbocycles. The van der Waals surface area contributed by atoms with Crippen LogP contribution >= 0.6 is 0 Å². The summed E-state index contributed by atoms with van der Waals surface area (Å²) in [6, 6.07) is 26.0. The molecule has 0 aliphatic carbocycles. The summed E-state index contributed by atoms with van der Waals surface area (Å²) in [5.74, 6) is 1.89. The molecule has 0 fully saturated rings. The Kier molecular flexibility index (Phi) is 6.70. The van der Waals surface area contributed by atoms with E-state index in [0.29, 0.717) is 30.4 Å². The molecule has 0 bridgehead atoms. The summed E-state index contributed by atoms with van der Waals surface area (Å²) in [7, 11) is 0. The Bertz CT molecular complexity index is 837. The van der Waals surface area contributed by atoms with Crippen molar-refractivity contribution in [3.05, 3.63) is 84.9 Å². The largest absolute Gasteiger partial charge is 0.490 e. The van der Waals surface area contributed by atoms with Gasteiger partial charge in [-0.1, -0.05) is 42.5 Å². The smallest absolute Gasteiger partial charge is 0.262 e. The Morgan fingerprint density at radius 3 is 1.89 bits per heavy atom. The van der Waals surface area contributed by atoms with Crippen LogP contribution in [0.3, 0.4) is 0 Å². The van der Waals surface area contributed by atoms with E-state index in [1.54, 1.807) is 24.3 Å². The predicted octanol–water partition coefficient (Wildman–Crippen LogP) is 4.16. The van der Waals surface area contributed by atoms with Gasteiger partial charge in [-0.05, 0) is 36.4 Å². The van der Waals surface area contributed by atoms with Crippen molar-refractivity contribution >= 4 is 11.6 Å². The second-order valence-electron chi connectivity index (χ2n) is 5.69. The fraction of sp³-hybridized carbons (Fsp3) is 0.136. The van der Waals surface area contributed by atoms with Crippen LogP contribution in [-0.4, -0.2) is 25.7 Å². The zero-order chi connectivity index (χ0) is 18.7. The summed E-state index contributed by atoms with van der Waals surface area (Å²) in [5.41, 5.74) is 0.651. The summed E-state index contributed by atoms with van der Waals surface area (Å²) in [6.45, 7) is 0.787. The predicted molar refractivity (Wildman–Crippen MR) is 104 cm³/mol. The fourth-order valence-electron chi connectivity index (χ4n) is 2.36. The van der Waals surface area contributed by atoms with Crippen LogP contribution in [0.15, 0.2) is 84.9 Å². The lowest BCUT2D eigenvalue weighted by atomic mass is 10.3. The number of anilines is 1. The van der Waals surface area contributed by atoms with Crippen molar-refractivity contribution in [3.63, 3.8) is 0 Å². The number of nitrogens with one attached hydrogen (secondary N) is 1. The highest BCUT2D eigenvalue weighted by molar-refractivity contribution is 5.92. The van der Waals surface area contributed by atoms with Crippen molar-refractivity contribution in [2.24, 2.45) is 0 Å². The van der Waals surface area contributed by atoms with Crippen LogP contribution in [0, 0.1) is 0 Å². The number of para-hydroxylation sites is 2. The summed E-state index contributed by atoms with van der Waals surface area (Å²) in [6.07, 6.45) is 0. The van der Waals surface area contributed by atoms with Crippen molar-refractivity contribution in [2.75, 3.05) is 25.1 Å². The molecule has 1 N–H and O–H groups in total. The third kappa shape index (κ3) is 6.40. The second-order valence-corrected chi connectivity index (χ2v) is 5.69. The molecule has 5 heteroatoms. The summed E-state index contributed by atoms with van der Waals surface area (Å²) < 4.78 is 16.7. The van der Waals surface area contributed by atoms with Crippen molar-refractivity contribution in [1.82, 2.24) is 0 Å². The molecule has 0 atom stereocenters. The standard InChI is InChI=1S/C22H21NO4/c24-22(17-27-20-11-5-2-6-12-20)23-18-8-7-13-21(16-18)26-15-14-25-19-9-3-1-4-10-19/h1-13,16H,14-15,17H2,(H,23,24). The first kappa shape index (κ1) is 18.3. The van der Waals surface area contributed by atoms with Gasteiger partial charge in [-0.2, -0.15) is 0 Å². The molecule has 0 aliphatic heterocycles. The van der Waals surface area contributed by atoms with E-state index >= 15 is 0 Å². The number of ether oxygens (including phenoxy) is 3. The second kappa shape index (κ2) is 9.87. The van der Waals surface area contributed by atoms with Crippen molar-refractivity contribution in [3.8, 4) is 17.2 Å². The summed E-state index contributed by atoms with van der Waals surface area (Å²) in [5, 5.41) is 2.79. The fourth-order valence-corrected chi connectivity index (χ4v) is 2.36. The zero-order valence-electron chi connectivity index (χ0n) is 14.8. The molecule has 0 saturated heterocycles.